The van der Waals surface area contributed by atoms with Crippen LogP contribution in [0.4, 0.5) is 0 Å². The zero-order chi connectivity index (χ0) is 13.2. The molecule has 5 heteroatoms. The van der Waals surface area contributed by atoms with Crippen molar-refractivity contribution in [1.82, 2.24) is 15.2 Å². The van der Waals surface area contributed by atoms with Crippen LogP contribution in [0.3, 0.4) is 0 Å². The van der Waals surface area contributed by atoms with Crippen LogP contribution >= 0.6 is 0 Å². The van der Waals surface area contributed by atoms with Gasteiger partial charge in [0.05, 0.1) is 5.92 Å². The third-order valence-corrected chi connectivity index (χ3v) is 4.04. The number of fused-ring (bicyclic) bond motifs is 1. The number of nitrogens with zero attached hydrogens (tertiary/aromatic N) is 3. The van der Waals surface area contributed by atoms with Crippen LogP contribution < -0.4 is 5.32 Å². The molecule has 5 nitrogen and oxygen atoms in total. The Morgan fingerprint density at radius 1 is 1.58 bits per heavy atom. The van der Waals surface area contributed by atoms with E-state index in [-0.39, 0.29) is 11.8 Å². The van der Waals surface area contributed by atoms with Gasteiger partial charge in [-0.05, 0) is 37.1 Å². The Morgan fingerprint density at radius 3 is 3.32 bits per heavy atom. The van der Waals surface area contributed by atoms with Crippen LogP contribution in [-0.4, -0.2) is 34.9 Å². The van der Waals surface area contributed by atoms with Crippen LogP contribution in [0, 0.1) is 17.2 Å². The third kappa shape index (κ3) is 2.32. The molecule has 19 heavy (non-hydrogen) atoms. The fraction of sp³-hybridized carbons (Fsp3) is 0.500. The molecule has 2 aliphatic rings. The molecule has 2 fully saturated rings. The second-order valence-electron chi connectivity index (χ2n) is 5.19. The summed E-state index contributed by atoms with van der Waals surface area (Å²) >= 11 is 0. The largest absolute Gasteiger partial charge is 0.354 e. The number of nitrogens with one attached hydrogen (secondary N) is 1. The summed E-state index contributed by atoms with van der Waals surface area (Å²) < 4.78 is 0. The fourth-order valence-electron chi connectivity index (χ4n) is 3.11. The van der Waals surface area contributed by atoms with Gasteiger partial charge in [-0.1, -0.05) is 0 Å². The Labute approximate surface area is 112 Å². The molecule has 1 N–H and O–H groups in total. The van der Waals surface area contributed by atoms with E-state index in [9.17, 15) is 4.79 Å². The monoisotopic (exact) mass is 256 g/mol. The summed E-state index contributed by atoms with van der Waals surface area (Å²) in [5, 5.41) is 11.8. The van der Waals surface area contributed by atoms with E-state index >= 15 is 0 Å². The van der Waals surface area contributed by atoms with Crippen LogP contribution in [0.1, 0.15) is 24.1 Å². The molecule has 0 bridgehead atoms. The molecule has 0 radical (unpaired) electrons. The lowest BCUT2D eigenvalue weighted by atomic mass is 9.91. The van der Waals surface area contributed by atoms with Crippen LogP contribution in [0.2, 0.25) is 0 Å². The smallest absolute Gasteiger partial charge is 0.224 e. The van der Waals surface area contributed by atoms with Crippen molar-refractivity contribution in [3.8, 4) is 6.07 Å². The summed E-state index contributed by atoms with van der Waals surface area (Å²) in [7, 11) is 0. The normalized spacial score (nSPS) is 26.6. The first-order valence-corrected chi connectivity index (χ1v) is 6.65. The van der Waals surface area contributed by atoms with Gasteiger partial charge in [-0.15, -0.1) is 0 Å². The molecule has 0 spiro atoms. The Balaban J connectivity index is 1.75. The summed E-state index contributed by atoms with van der Waals surface area (Å²) in [5.41, 5.74) is 1.54. The topological polar surface area (TPSA) is 69.0 Å². The predicted molar refractivity (Wildman–Crippen MR) is 68.9 cm³/mol. The quantitative estimate of drug-likeness (QED) is 0.844. The van der Waals surface area contributed by atoms with Gasteiger partial charge in [0, 0.05) is 25.3 Å². The van der Waals surface area contributed by atoms with Crippen molar-refractivity contribution in [1.29, 1.82) is 5.26 Å². The van der Waals surface area contributed by atoms with Crippen LogP contribution in [0.25, 0.3) is 0 Å². The molecule has 2 atom stereocenters. The molecule has 0 aromatic carbocycles. The van der Waals surface area contributed by atoms with Crippen molar-refractivity contribution >= 4 is 5.91 Å². The molecule has 2 saturated heterocycles. The van der Waals surface area contributed by atoms with E-state index in [1.165, 1.54) is 0 Å². The molecule has 1 aromatic rings. The van der Waals surface area contributed by atoms with Gasteiger partial charge in [0.1, 0.15) is 11.8 Å². The summed E-state index contributed by atoms with van der Waals surface area (Å²) in [6.07, 6.45) is 3.73. The average Bonchev–Trinajstić information content (AvgIpc) is 2.82. The lowest BCUT2D eigenvalue weighted by molar-refractivity contribution is -0.124. The van der Waals surface area contributed by atoms with E-state index in [0.717, 1.165) is 38.0 Å². The van der Waals surface area contributed by atoms with Crippen molar-refractivity contribution in [2.45, 2.75) is 25.4 Å². The number of carbonyl (C=O) groups is 1. The molecule has 0 saturated carbocycles. The second kappa shape index (κ2) is 4.98. The van der Waals surface area contributed by atoms with E-state index in [1.54, 1.807) is 6.20 Å². The van der Waals surface area contributed by atoms with Crippen LogP contribution in [0.15, 0.2) is 18.3 Å². The van der Waals surface area contributed by atoms with Gasteiger partial charge in [-0.25, -0.2) is 4.98 Å². The second-order valence-corrected chi connectivity index (χ2v) is 5.19. The van der Waals surface area contributed by atoms with Crippen molar-refractivity contribution in [3.05, 3.63) is 29.6 Å². The molecule has 98 valence electrons. The number of hydrogen-bond acceptors (Lipinski definition) is 4. The number of rotatable bonds is 2. The summed E-state index contributed by atoms with van der Waals surface area (Å²) in [5.74, 6) is 0.341. The summed E-state index contributed by atoms with van der Waals surface area (Å²) in [6.45, 7) is 2.55. The maximum Gasteiger partial charge on any atom is 0.224 e. The SMILES string of the molecule is N#Cc1cc(CN2CCCC3C(=O)NCC32)ccn1. The number of pyridine rings is 1. The van der Waals surface area contributed by atoms with Gasteiger partial charge in [0.25, 0.3) is 0 Å². The first-order chi connectivity index (χ1) is 9.28. The number of nitriles is 1. The molecular formula is C14H16N4O. The molecular weight excluding hydrogens is 240 g/mol. The van der Waals surface area contributed by atoms with E-state index in [1.807, 2.05) is 12.1 Å². The van der Waals surface area contributed by atoms with Crippen molar-refractivity contribution in [3.63, 3.8) is 0 Å². The van der Waals surface area contributed by atoms with E-state index in [0.29, 0.717) is 11.7 Å². The Morgan fingerprint density at radius 2 is 2.47 bits per heavy atom. The van der Waals surface area contributed by atoms with Crippen LogP contribution in [0.5, 0.6) is 0 Å². The minimum Gasteiger partial charge on any atom is -0.354 e. The molecule has 2 aliphatic heterocycles. The number of carbonyl (C=O) groups excluding carboxylic acids is 1. The minimum absolute atomic E-state index is 0.144. The molecule has 3 rings (SSSR count). The van der Waals surface area contributed by atoms with Gasteiger partial charge in [0.15, 0.2) is 0 Å². The highest BCUT2D eigenvalue weighted by Gasteiger charge is 2.40. The maximum atomic E-state index is 11.7. The summed E-state index contributed by atoms with van der Waals surface area (Å²) in [4.78, 5) is 18.0. The predicted octanol–water partition coefficient (Wildman–Crippen LogP) is 0.664. The van der Waals surface area contributed by atoms with E-state index in [2.05, 4.69) is 21.3 Å². The van der Waals surface area contributed by atoms with E-state index in [4.69, 9.17) is 5.26 Å². The zero-order valence-corrected chi connectivity index (χ0v) is 10.7. The van der Waals surface area contributed by atoms with Gasteiger partial charge < -0.3 is 5.32 Å². The van der Waals surface area contributed by atoms with Crippen molar-refractivity contribution in [2.75, 3.05) is 13.1 Å². The number of amides is 1. The van der Waals surface area contributed by atoms with Gasteiger partial charge >= 0.3 is 0 Å². The van der Waals surface area contributed by atoms with Gasteiger partial charge in [-0.2, -0.15) is 5.26 Å². The minimum atomic E-state index is 0.144. The Bertz CT molecular complexity index is 536. The highest BCUT2D eigenvalue weighted by Crippen LogP contribution is 2.28. The molecule has 1 amide bonds. The van der Waals surface area contributed by atoms with Gasteiger partial charge in [-0.3, -0.25) is 9.69 Å². The number of likely N-dealkylation sites (tertiary alicyclic amines) is 1. The fourth-order valence-corrected chi connectivity index (χ4v) is 3.11. The van der Waals surface area contributed by atoms with E-state index < -0.39 is 0 Å². The molecule has 0 aliphatic carbocycles. The Kier molecular flexibility index (Phi) is 3.18. The molecule has 3 heterocycles. The average molecular weight is 256 g/mol. The van der Waals surface area contributed by atoms with Crippen molar-refractivity contribution in [2.24, 2.45) is 5.92 Å². The molecule has 2 unspecified atom stereocenters. The van der Waals surface area contributed by atoms with Crippen LogP contribution in [-0.2, 0) is 11.3 Å². The Hall–Kier alpha value is -1.93. The highest BCUT2D eigenvalue weighted by atomic mass is 16.2. The first kappa shape index (κ1) is 12.1. The third-order valence-electron chi connectivity index (χ3n) is 4.04. The van der Waals surface area contributed by atoms with Gasteiger partial charge in [0.2, 0.25) is 5.91 Å². The zero-order valence-electron chi connectivity index (χ0n) is 10.7. The lowest BCUT2D eigenvalue weighted by Crippen LogP contribution is -2.44. The van der Waals surface area contributed by atoms with Crippen molar-refractivity contribution < 1.29 is 4.79 Å². The standard InChI is InChI=1S/C14H16N4O/c15-7-11-6-10(3-4-16-11)9-18-5-1-2-12-13(18)8-17-14(12)19/h3-4,6,12-13H,1-2,5,8-9H2,(H,17,19). The first-order valence-electron chi connectivity index (χ1n) is 6.65. The molecule has 1 aromatic heterocycles. The number of hydrogen-bond donors (Lipinski definition) is 1. The maximum absolute atomic E-state index is 11.7. The number of piperidine rings is 1. The lowest BCUT2D eigenvalue weighted by Gasteiger charge is -2.35. The highest BCUT2D eigenvalue weighted by molar-refractivity contribution is 5.82. The summed E-state index contributed by atoms with van der Waals surface area (Å²) in [6, 6.07) is 6.13. The number of aromatic nitrogens is 1.